The van der Waals surface area contributed by atoms with E-state index in [-0.39, 0.29) is 17.7 Å². The molecule has 33 heavy (non-hydrogen) atoms. The zero-order chi connectivity index (χ0) is 23.8. The number of carbonyl (C=O) groups is 2. The number of aromatic nitrogens is 1. The molecule has 1 aliphatic rings. The predicted molar refractivity (Wildman–Crippen MR) is 128 cm³/mol. The van der Waals surface area contributed by atoms with E-state index in [1.54, 1.807) is 31.3 Å². The van der Waals surface area contributed by atoms with Crippen LogP contribution < -0.4 is 11.1 Å². The number of benzene rings is 1. The molecule has 1 aromatic heterocycles. The number of nitrogens with two attached hydrogens (primary N) is 1. The average molecular weight is 447 g/mol. The fraction of sp³-hybridized carbons (Fsp3) is 0.308. The molecule has 3 atom stereocenters. The summed E-state index contributed by atoms with van der Waals surface area (Å²) >= 11 is 0. The highest BCUT2D eigenvalue weighted by atomic mass is 16.5. The largest absolute Gasteiger partial charge is 0.469 e. The molecule has 1 aliphatic carbocycles. The number of hydrogen-bond donors (Lipinski definition) is 3. The molecule has 3 rings (SSSR count). The number of amidine groups is 1. The standard InChI is InChI=1S/C26H30N4O3/c1-17(23(26(32)33-2)15-19-7-3-9-21(13-19)24(27)28)30-25(31)22-10-4-6-18(14-22)12-20-8-5-11-29-16-20/h3-5,7-11,13-14,16-18,23H,6,12,15H2,1-2H3,(H3,27,28)(H,30,31)/t17-,18?,23?/m1/s1. The summed E-state index contributed by atoms with van der Waals surface area (Å²) < 4.78 is 5.00. The molecular weight excluding hydrogens is 416 g/mol. The van der Waals surface area contributed by atoms with Gasteiger partial charge in [-0.25, -0.2) is 0 Å². The van der Waals surface area contributed by atoms with E-state index < -0.39 is 17.9 Å². The van der Waals surface area contributed by atoms with E-state index in [2.05, 4.69) is 10.3 Å². The lowest BCUT2D eigenvalue weighted by Gasteiger charge is -2.24. The van der Waals surface area contributed by atoms with Gasteiger partial charge in [-0.1, -0.05) is 42.5 Å². The first kappa shape index (κ1) is 23.9. The maximum atomic E-state index is 13.0. The summed E-state index contributed by atoms with van der Waals surface area (Å²) in [5.74, 6) is -1.04. The van der Waals surface area contributed by atoms with E-state index in [1.165, 1.54) is 7.11 Å². The maximum Gasteiger partial charge on any atom is 0.311 e. The Labute approximate surface area is 194 Å². The first-order chi connectivity index (χ1) is 15.9. The quantitative estimate of drug-likeness (QED) is 0.311. The van der Waals surface area contributed by atoms with Crippen molar-refractivity contribution in [1.29, 1.82) is 5.41 Å². The second kappa shape index (κ2) is 11.2. The third kappa shape index (κ3) is 6.62. The fourth-order valence-corrected chi connectivity index (χ4v) is 3.99. The van der Waals surface area contributed by atoms with E-state index in [1.807, 2.05) is 42.6 Å². The van der Waals surface area contributed by atoms with Crippen molar-refractivity contribution in [2.24, 2.45) is 17.6 Å². The van der Waals surface area contributed by atoms with Crippen LogP contribution in [0.3, 0.4) is 0 Å². The zero-order valence-corrected chi connectivity index (χ0v) is 19.0. The van der Waals surface area contributed by atoms with Crippen molar-refractivity contribution in [1.82, 2.24) is 10.3 Å². The number of nitrogen functional groups attached to an aromatic ring is 1. The Bertz CT molecular complexity index is 1060. The van der Waals surface area contributed by atoms with Crippen molar-refractivity contribution in [2.75, 3.05) is 7.11 Å². The van der Waals surface area contributed by atoms with E-state index in [9.17, 15) is 9.59 Å². The monoisotopic (exact) mass is 446 g/mol. The number of rotatable bonds is 9. The van der Waals surface area contributed by atoms with Gasteiger partial charge in [0.05, 0.1) is 13.0 Å². The Kier molecular flexibility index (Phi) is 8.13. The van der Waals surface area contributed by atoms with Crippen LogP contribution in [0.2, 0.25) is 0 Å². The van der Waals surface area contributed by atoms with Crippen LogP contribution in [0, 0.1) is 17.2 Å². The lowest BCUT2D eigenvalue weighted by atomic mass is 9.89. The number of esters is 1. The molecule has 0 spiro atoms. The lowest BCUT2D eigenvalue weighted by Crippen LogP contribution is -2.43. The van der Waals surface area contributed by atoms with Crippen LogP contribution in [-0.2, 0) is 27.2 Å². The van der Waals surface area contributed by atoms with Gasteiger partial charge in [-0.3, -0.25) is 20.0 Å². The van der Waals surface area contributed by atoms with Gasteiger partial charge >= 0.3 is 5.97 Å². The van der Waals surface area contributed by atoms with Gasteiger partial charge in [0.1, 0.15) is 5.84 Å². The highest BCUT2D eigenvalue weighted by Gasteiger charge is 2.28. The SMILES string of the molecule is COC(=O)C(Cc1cccc(C(=N)N)c1)[C@@H](C)NC(=O)C1=CC(Cc2cccnc2)CC=C1. The topological polar surface area (TPSA) is 118 Å². The molecule has 7 heteroatoms. The van der Waals surface area contributed by atoms with Crippen molar-refractivity contribution in [2.45, 2.75) is 32.2 Å². The number of allylic oxidation sites excluding steroid dienone is 2. The third-order valence-corrected chi connectivity index (χ3v) is 5.79. The van der Waals surface area contributed by atoms with Crippen LogP contribution in [0.15, 0.2) is 72.6 Å². The van der Waals surface area contributed by atoms with Crippen LogP contribution in [0.5, 0.6) is 0 Å². The van der Waals surface area contributed by atoms with Crippen LogP contribution >= 0.6 is 0 Å². The molecule has 1 aromatic carbocycles. The minimum absolute atomic E-state index is 0.0373. The second-order valence-corrected chi connectivity index (χ2v) is 8.30. The van der Waals surface area contributed by atoms with E-state index in [0.29, 0.717) is 17.6 Å². The molecule has 1 heterocycles. The number of ether oxygens (including phenoxy) is 1. The molecule has 7 nitrogen and oxygen atoms in total. The first-order valence-electron chi connectivity index (χ1n) is 11.0. The van der Waals surface area contributed by atoms with Crippen molar-refractivity contribution >= 4 is 17.7 Å². The van der Waals surface area contributed by atoms with Crippen molar-refractivity contribution in [3.05, 3.63) is 89.3 Å². The van der Waals surface area contributed by atoms with Crippen molar-refractivity contribution < 1.29 is 14.3 Å². The normalized spacial score (nSPS) is 16.9. The molecule has 0 fully saturated rings. The number of amides is 1. The summed E-state index contributed by atoms with van der Waals surface area (Å²) in [6, 6.07) is 10.7. The number of nitrogens with zero attached hydrogens (tertiary/aromatic N) is 1. The van der Waals surface area contributed by atoms with Crippen LogP contribution in [-0.4, -0.2) is 35.8 Å². The molecule has 0 bridgehead atoms. The van der Waals surface area contributed by atoms with Gasteiger partial charge in [-0.2, -0.15) is 0 Å². The van der Waals surface area contributed by atoms with Gasteiger partial charge in [-0.15, -0.1) is 0 Å². The zero-order valence-electron chi connectivity index (χ0n) is 19.0. The number of hydrogen-bond acceptors (Lipinski definition) is 5. The van der Waals surface area contributed by atoms with Gasteiger partial charge in [0, 0.05) is 29.6 Å². The number of pyridine rings is 1. The second-order valence-electron chi connectivity index (χ2n) is 8.30. The summed E-state index contributed by atoms with van der Waals surface area (Å²) in [6.07, 6.45) is 11.4. The molecule has 1 amide bonds. The lowest BCUT2D eigenvalue weighted by molar-refractivity contribution is -0.146. The van der Waals surface area contributed by atoms with Crippen LogP contribution in [0.4, 0.5) is 0 Å². The number of nitrogens with one attached hydrogen (secondary N) is 2. The summed E-state index contributed by atoms with van der Waals surface area (Å²) in [5.41, 5.74) is 8.73. The molecule has 0 aliphatic heterocycles. The maximum absolute atomic E-state index is 13.0. The molecule has 2 aromatic rings. The Morgan fingerprint density at radius 2 is 2.06 bits per heavy atom. The molecule has 0 radical (unpaired) electrons. The third-order valence-electron chi connectivity index (χ3n) is 5.79. The van der Waals surface area contributed by atoms with Gasteiger partial charge < -0.3 is 15.8 Å². The molecule has 172 valence electrons. The minimum Gasteiger partial charge on any atom is -0.469 e. The highest BCUT2D eigenvalue weighted by Crippen LogP contribution is 2.22. The molecule has 0 saturated heterocycles. The fourth-order valence-electron chi connectivity index (χ4n) is 3.99. The van der Waals surface area contributed by atoms with Crippen LogP contribution in [0.1, 0.15) is 30.0 Å². The summed E-state index contributed by atoms with van der Waals surface area (Å²) in [5, 5.41) is 10.6. The van der Waals surface area contributed by atoms with E-state index in [4.69, 9.17) is 15.9 Å². The Balaban J connectivity index is 1.69. The van der Waals surface area contributed by atoms with E-state index >= 15 is 0 Å². The molecule has 0 saturated carbocycles. The summed E-state index contributed by atoms with van der Waals surface area (Å²) in [4.78, 5) is 29.6. The Morgan fingerprint density at radius 1 is 1.27 bits per heavy atom. The average Bonchev–Trinajstić information content (AvgIpc) is 2.83. The number of methoxy groups -OCH3 is 1. The molecular formula is C26H30N4O3. The summed E-state index contributed by atoms with van der Waals surface area (Å²) in [6.45, 7) is 1.80. The van der Waals surface area contributed by atoms with E-state index in [0.717, 1.165) is 24.0 Å². The Morgan fingerprint density at radius 3 is 2.76 bits per heavy atom. The van der Waals surface area contributed by atoms with Gasteiger partial charge in [0.15, 0.2) is 0 Å². The number of carbonyl (C=O) groups excluding carboxylic acids is 2. The van der Waals surface area contributed by atoms with Crippen molar-refractivity contribution in [3.8, 4) is 0 Å². The highest BCUT2D eigenvalue weighted by molar-refractivity contribution is 5.97. The van der Waals surface area contributed by atoms with Crippen molar-refractivity contribution in [3.63, 3.8) is 0 Å². The summed E-state index contributed by atoms with van der Waals surface area (Å²) in [7, 11) is 1.34. The smallest absolute Gasteiger partial charge is 0.311 e. The Hall–Kier alpha value is -3.74. The van der Waals surface area contributed by atoms with Gasteiger partial charge in [0.25, 0.3) is 5.91 Å². The van der Waals surface area contributed by atoms with Crippen LogP contribution in [0.25, 0.3) is 0 Å². The first-order valence-corrected chi connectivity index (χ1v) is 11.0. The minimum atomic E-state index is -0.583. The molecule has 4 N–H and O–H groups in total. The molecule has 2 unspecified atom stereocenters. The predicted octanol–water partition coefficient (Wildman–Crippen LogP) is 2.95. The van der Waals surface area contributed by atoms with Gasteiger partial charge in [0.2, 0.25) is 0 Å². The van der Waals surface area contributed by atoms with Gasteiger partial charge in [-0.05, 0) is 55.4 Å².